The molecule has 8 aliphatic heterocycles. The zero-order chi connectivity index (χ0) is 101. The standard InChI is InChI=1S/C27H30ClF3N5O2P.C27H28ClF2N4OP.C27H29ClF2N3OP.C26H31ClN5OP/c1-38-24-15-20(39(37)12-9-32-10-13-39)6-8-22(24)34-25-16-33-23-4-2-3-11-36(26(23)35-25)17-18-14-19(27(29,30)31)5-7-21(18)28;28-26-21(22(29)8-9-23(26)30)17-34-10-2-5-24-27(34)32-25(16-31-24)18-3-1-4-20(15-18)36(35)13-11-33(12-14-36)19-6-7-19;1-18-21(19-5-7-20(8-6-19)35(34)14-12-32(2)13-15-35)16-31-25-4-3-11-33(27(18)25)17-22-23(29)9-10-24(30)26(22)28;1-2-31-13-15-34(33,16-14-31)22-9-5-7-20(17-22)24-18-29-23-10-3-4-12-32(26(23)30-24)19-21-8-6-11-28-25(21)27/h5-8,14-16,32H,2-4,9-13,17H2,1H3,(H,34,35);1,3-4,8-9,15-16,19H,2,5-7,10-14,17H2;5-10,16H,3-4,11-15,17H2,1-2H3;5-9,11,17-18H,2-4,10,12-16,19H2,1H3. The number of benzene rings is 7. The Morgan fingerprint density at radius 1 is 0.465 bits per heavy atom. The first kappa shape index (κ1) is 104. The lowest BCUT2D eigenvalue weighted by molar-refractivity contribution is -0.137. The van der Waals surface area contributed by atoms with Crippen molar-refractivity contribution in [2.24, 2.45) is 0 Å². The molecule has 0 atom stereocenters. The van der Waals surface area contributed by atoms with E-state index in [1.54, 1.807) is 25.7 Å². The number of nitrogens with zero attached hydrogens (tertiary/aromatic N) is 15. The van der Waals surface area contributed by atoms with Crippen molar-refractivity contribution in [3.05, 3.63) is 276 Å². The minimum atomic E-state index is -4.46. The number of halogens is 11. The van der Waals surface area contributed by atoms with Gasteiger partial charge < -0.3 is 63.0 Å². The molecule has 12 aromatic rings. The van der Waals surface area contributed by atoms with Crippen LogP contribution in [0.3, 0.4) is 0 Å². The molecule has 37 heteroatoms. The van der Waals surface area contributed by atoms with Gasteiger partial charge in [-0.15, -0.1) is 0 Å². The van der Waals surface area contributed by atoms with Crippen LogP contribution < -0.4 is 56.2 Å². The highest BCUT2D eigenvalue weighted by atomic mass is 35.5. The lowest BCUT2D eigenvalue weighted by atomic mass is 9.96. The highest BCUT2D eigenvalue weighted by Crippen LogP contribution is 2.52. The van der Waals surface area contributed by atoms with E-state index in [0.717, 1.165) is 298 Å². The van der Waals surface area contributed by atoms with Crippen LogP contribution in [0.2, 0.25) is 20.2 Å². The maximum absolute atomic E-state index is 14.5. The summed E-state index contributed by atoms with van der Waals surface area (Å²) in [6, 6.07) is 42.0. The van der Waals surface area contributed by atoms with Crippen molar-refractivity contribution in [1.29, 1.82) is 0 Å². The number of aromatic nitrogens is 8. The molecule has 1 aliphatic carbocycles. The number of alkyl halides is 3. The monoisotopic (exact) mass is 2120 g/mol. The number of rotatable bonds is 20. The third-order valence-electron chi connectivity index (χ3n) is 29.2. The second-order valence-electron chi connectivity index (χ2n) is 38.6. The van der Waals surface area contributed by atoms with E-state index in [2.05, 4.69) is 70.1 Å². The zero-order valence-corrected chi connectivity index (χ0v) is 87.8. The molecule has 13 heterocycles. The molecule has 1 saturated carbocycles. The highest BCUT2D eigenvalue weighted by Gasteiger charge is 2.40. The molecule has 21 rings (SSSR count). The summed E-state index contributed by atoms with van der Waals surface area (Å²) in [4.78, 5) is 53.2. The van der Waals surface area contributed by atoms with Gasteiger partial charge >= 0.3 is 6.18 Å². The smallest absolute Gasteiger partial charge is 0.416 e. The molecular weight excluding hydrogens is 2000 g/mol. The van der Waals surface area contributed by atoms with Crippen LogP contribution in [0.4, 0.5) is 65.4 Å². The maximum Gasteiger partial charge on any atom is 0.416 e. The van der Waals surface area contributed by atoms with Crippen molar-refractivity contribution in [2.45, 2.75) is 129 Å². The van der Waals surface area contributed by atoms with Crippen LogP contribution >= 0.6 is 75.0 Å². The predicted octanol–water partition coefficient (Wildman–Crippen LogP) is 22.1. The fraction of sp³-hybridized carbons (Fsp3) is 0.402. The minimum absolute atomic E-state index is 0.111. The van der Waals surface area contributed by atoms with Gasteiger partial charge in [-0.1, -0.05) is 120 Å². The second-order valence-corrected chi connectivity index (χ2v) is 52.9. The average Bonchev–Trinajstić information content (AvgIpc) is 1.23. The van der Waals surface area contributed by atoms with Gasteiger partial charge in [-0.25, -0.2) is 37.5 Å². The van der Waals surface area contributed by atoms with Crippen molar-refractivity contribution in [3.63, 3.8) is 0 Å². The Kier molecular flexibility index (Phi) is 33.0. The van der Waals surface area contributed by atoms with E-state index in [0.29, 0.717) is 89.8 Å². The molecule has 9 aliphatic rings. The molecule has 0 radical (unpaired) electrons. The van der Waals surface area contributed by atoms with Gasteiger partial charge in [0.15, 0.2) is 23.3 Å². The van der Waals surface area contributed by atoms with Crippen molar-refractivity contribution >= 4 is 131 Å². The zero-order valence-electron chi connectivity index (χ0n) is 81.2. The minimum Gasteiger partial charge on any atom is -0.495 e. The van der Waals surface area contributed by atoms with E-state index < -0.39 is 63.6 Å². The second kappa shape index (κ2) is 45.6. The third kappa shape index (κ3) is 24.0. The Morgan fingerprint density at radius 3 is 1.53 bits per heavy atom. The van der Waals surface area contributed by atoms with Crippen LogP contribution in [0.1, 0.15) is 114 Å². The SMILES string of the molecule is CCN1CCP(=O)(c2cccc(-c3cnc4c(n3)N(Cc3cccnc3Cl)CCCC4)c2)CC1.COc1cc(P2(=O)CCNCC2)ccc1Nc1cnc2c(n1)N(Cc1cc(C(F)(F)F)ccc1Cl)CCCC2.Cc1c(-c2ccc(P3(=O)CCN(C)CC3)cc2)cnc2c1N(Cc1c(F)ccc(F)c1Cl)CCC2.O=P1(c2cccc(-c3cnc4c(n3)N(Cc3c(F)ccc(F)c3Cl)CCC4)c2)CCN(C2CC2)CC1. The number of hydrogen-bond donors (Lipinski definition) is 2. The van der Waals surface area contributed by atoms with Crippen LogP contribution in [-0.4, -0.2) is 209 Å². The summed E-state index contributed by atoms with van der Waals surface area (Å²) in [7, 11) is -6.03. The number of nitrogens with one attached hydrogen (secondary N) is 2. The van der Waals surface area contributed by atoms with Gasteiger partial charge in [0.25, 0.3) is 0 Å². The molecule has 758 valence electrons. The Labute approximate surface area is 857 Å². The van der Waals surface area contributed by atoms with Gasteiger partial charge in [-0.2, -0.15) is 13.2 Å². The topological polar surface area (TPSA) is 227 Å². The summed E-state index contributed by atoms with van der Waals surface area (Å²) in [5.74, 6) is 0.901. The van der Waals surface area contributed by atoms with E-state index in [1.807, 2.05) is 126 Å². The molecule has 0 bridgehead atoms. The molecule has 7 aromatic carbocycles. The Bertz CT molecular complexity index is 6880. The van der Waals surface area contributed by atoms with Crippen LogP contribution in [0.25, 0.3) is 33.6 Å². The van der Waals surface area contributed by atoms with E-state index in [1.165, 1.54) is 18.9 Å². The fourth-order valence-corrected chi connectivity index (χ4v) is 31.8. The third-order valence-corrected chi connectivity index (χ3v) is 43.0. The van der Waals surface area contributed by atoms with E-state index in [9.17, 15) is 49.0 Å². The first-order chi connectivity index (χ1) is 69.4. The number of ether oxygens (including phenoxy) is 1. The van der Waals surface area contributed by atoms with E-state index in [4.69, 9.17) is 76.1 Å². The molecule has 5 fully saturated rings. The van der Waals surface area contributed by atoms with Gasteiger partial charge in [-0.05, 0) is 193 Å². The number of fused-ring (bicyclic) bond motifs is 4. The summed E-state index contributed by atoms with van der Waals surface area (Å²) in [5, 5.41) is 10.6. The predicted molar refractivity (Wildman–Crippen MR) is 568 cm³/mol. The number of hydrogen-bond acceptors (Lipinski definition) is 22. The molecule has 5 aromatic heterocycles. The maximum atomic E-state index is 14.5. The van der Waals surface area contributed by atoms with Crippen LogP contribution in [0.15, 0.2) is 177 Å². The summed E-state index contributed by atoms with van der Waals surface area (Å²) >= 11 is 24.9. The molecule has 2 N–H and O–H groups in total. The number of pyridine rings is 2. The lowest BCUT2D eigenvalue weighted by Gasteiger charge is -2.33. The van der Waals surface area contributed by atoms with Gasteiger partial charge in [0.1, 0.15) is 62.7 Å². The Balaban J connectivity index is 0.000000126. The fourth-order valence-electron chi connectivity index (χ4n) is 20.5. The molecule has 22 nitrogen and oxygen atoms in total. The molecule has 0 amide bonds. The van der Waals surface area contributed by atoms with Crippen LogP contribution in [0.5, 0.6) is 5.75 Å². The van der Waals surface area contributed by atoms with Gasteiger partial charge in [0.05, 0.1) is 86.8 Å². The Morgan fingerprint density at radius 2 is 0.958 bits per heavy atom. The van der Waals surface area contributed by atoms with Crippen molar-refractivity contribution in [1.82, 2.24) is 59.9 Å². The van der Waals surface area contributed by atoms with Crippen LogP contribution in [-0.2, 0) is 76.3 Å². The van der Waals surface area contributed by atoms with Gasteiger partial charge in [0, 0.05) is 232 Å². The molecule has 0 unspecified atom stereocenters. The quantitative estimate of drug-likeness (QED) is 0.0313. The molecule has 144 heavy (non-hydrogen) atoms. The van der Waals surface area contributed by atoms with Crippen molar-refractivity contribution in [3.8, 4) is 39.4 Å². The average molecular weight is 2120 g/mol. The van der Waals surface area contributed by atoms with Gasteiger partial charge in [0.2, 0.25) is 0 Å². The number of anilines is 6. The van der Waals surface area contributed by atoms with Crippen molar-refractivity contribution in [2.75, 3.05) is 173 Å². The summed E-state index contributed by atoms with van der Waals surface area (Å²) in [5.41, 5.74) is 12.5. The first-order valence-corrected chi connectivity index (χ1v) is 59.4. The van der Waals surface area contributed by atoms with E-state index >= 15 is 0 Å². The molecular formula is C107H118Cl4F7N17O5P4. The van der Waals surface area contributed by atoms with Gasteiger partial charge in [-0.3, -0.25) is 24.8 Å². The summed E-state index contributed by atoms with van der Waals surface area (Å²) < 4.78 is 157. The van der Waals surface area contributed by atoms with Crippen molar-refractivity contribution < 1.29 is 53.7 Å². The van der Waals surface area contributed by atoms with E-state index in [-0.39, 0.29) is 45.8 Å². The lowest BCUT2D eigenvalue weighted by Crippen LogP contribution is -2.38. The summed E-state index contributed by atoms with van der Waals surface area (Å²) in [6.07, 6.45) is 21.4. The number of aryl methyl sites for hydroxylation is 4. The first-order valence-electron chi connectivity index (χ1n) is 49.6. The highest BCUT2D eigenvalue weighted by molar-refractivity contribution is 7.72. The molecule has 0 spiro atoms. The Hall–Kier alpha value is -9.69. The van der Waals surface area contributed by atoms with Crippen LogP contribution in [0, 0.1) is 30.2 Å². The molecule has 4 saturated heterocycles. The normalized spacial score (nSPS) is 18.3. The summed E-state index contributed by atoms with van der Waals surface area (Å²) in [6.45, 7) is 16.0. The largest absolute Gasteiger partial charge is 0.495 e. The number of methoxy groups -OCH3 is 1.